The number of halogens is 1. The van der Waals surface area contributed by atoms with Crippen LogP contribution >= 0.6 is 11.6 Å². The van der Waals surface area contributed by atoms with E-state index >= 15 is 0 Å². The van der Waals surface area contributed by atoms with E-state index in [9.17, 15) is 5.11 Å². The largest absolute Gasteiger partial charge is 0.391 e. The van der Waals surface area contributed by atoms with Gasteiger partial charge in [-0.05, 0) is 25.0 Å². The zero-order valence-electron chi connectivity index (χ0n) is 10.7. The summed E-state index contributed by atoms with van der Waals surface area (Å²) < 4.78 is 1.58. The first-order chi connectivity index (χ1) is 9.78. The van der Waals surface area contributed by atoms with Crippen LogP contribution in [0.25, 0.3) is 17.0 Å². The number of imidazole rings is 1. The first kappa shape index (κ1) is 11.9. The molecule has 0 bridgehead atoms. The minimum Gasteiger partial charge on any atom is -0.391 e. The third-order valence-electron chi connectivity index (χ3n) is 3.65. The van der Waals surface area contributed by atoms with Crippen LogP contribution in [-0.4, -0.2) is 24.9 Å². The Morgan fingerprint density at radius 3 is 2.85 bits per heavy atom. The lowest BCUT2D eigenvalue weighted by Crippen LogP contribution is -1.99. The zero-order valence-corrected chi connectivity index (χ0v) is 11.4. The van der Waals surface area contributed by atoms with Crippen molar-refractivity contribution in [2.24, 2.45) is 0 Å². The van der Waals surface area contributed by atoms with Crippen LogP contribution in [0.4, 0.5) is 0 Å². The highest BCUT2D eigenvalue weighted by Crippen LogP contribution is 2.42. The first-order valence-electron chi connectivity index (χ1n) is 6.61. The Kier molecular flexibility index (Phi) is 2.58. The highest BCUT2D eigenvalue weighted by atomic mass is 35.5. The van der Waals surface area contributed by atoms with Crippen molar-refractivity contribution in [2.45, 2.75) is 25.4 Å². The number of para-hydroxylation sites is 2. The van der Waals surface area contributed by atoms with Gasteiger partial charge in [0.2, 0.25) is 5.95 Å². The molecule has 2 heterocycles. The molecule has 2 aromatic heterocycles. The van der Waals surface area contributed by atoms with Gasteiger partial charge in [-0.1, -0.05) is 23.7 Å². The van der Waals surface area contributed by atoms with Crippen LogP contribution in [0.2, 0.25) is 5.15 Å². The molecule has 4 rings (SSSR count). The van der Waals surface area contributed by atoms with Gasteiger partial charge in [-0.3, -0.25) is 0 Å². The molecule has 0 radical (unpaired) electrons. The minimum atomic E-state index is -0.0924. The van der Waals surface area contributed by atoms with Crippen LogP contribution < -0.4 is 0 Å². The molecule has 0 spiro atoms. The summed E-state index contributed by atoms with van der Waals surface area (Å²) in [4.78, 5) is 7.69. The highest BCUT2D eigenvalue weighted by molar-refractivity contribution is 6.30. The van der Waals surface area contributed by atoms with E-state index in [1.165, 1.54) is 0 Å². The maximum absolute atomic E-state index is 9.51. The van der Waals surface area contributed by atoms with E-state index in [2.05, 4.69) is 15.1 Å². The minimum absolute atomic E-state index is 0.0924. The molecule has 0 amide bonds. The number of benzene rings is 1. The number of hydrogen-bond donors (Lipinski definition) is 2. The van der Waals surface area contributed by atoms with Crippen molar-refractivity contribution in [1.29, 1.82) is 0 Å². The molecule has 0 aliphatic heterocycles. The molecule has 1 aliphatic carbocycles. The zero-order chi connectivity index (χ0) is 13.7. The summed E-state index contributed by atoms with van der Waals surface area (Å²) in [7, 11) is 0. The van der Waals surface area contributed by atoms with E-state index in [0.29, 0.717) is 17.0 Å². The van der Waals surface area contributed by atoms with Crippen molar-refractivity contribution >= 4 is 22.6 Å². The molecule has 5 nitrogen and oxygen atoms in total. The summed E-state index contributed by atoms with van der Waals surface area (Å²) in [6.07, 6.45) is 2.22. The van der Waals surface area contributed by atoms with Crippen molar-refractivity contribution < 1.29 is 5.11 Å². The smallest absolute Gasteiger partial charge is 0.230 e. The fraction of sp³-hybridized carbons (Fsp3) is 0.286. The lowest BCUT2D eigenvalue weighted by Gasteiger charge is -1.97. The third-order valence-corrected chi connectivity index (χ3v) is 4.04. The second-order valence-electron chi connectivity index (χ2n) is 5.08. The molecule has 0 saturated heterocycles. The van der Waals surface area contributed by atoms with Crippen LogP contribution in [0.15, 0.2) is 24.3 Å². The SMILES string of the molecule is OCc1c(C2CC2)nn(-c2nc3ccccc3[nH]2)c1Cl. The van der Waals surface area contributed by atoms with E-state index in [1.54, 1.807) is 4.68 Å². The summed E-state index contributed by atoms with van der Waals surface area (Å²) in [6, 6.07) is 7.77. The van der Waals surface area contributed by atoms with Crippen LogP contribution in [-0.2, 0) is 6.61 Å². The number of aliphatic hydroxyl groups is 1. The number of nitrogens with zero attached hydrogens (tertiary/aromatic N) is 3. The highest BCUT2D eigenvalue weighted by Gasteiger charge is 2.31. The Bertz CT molecular complexity index is 755. The van der Waals surface area contributed by atoms with Crippen molar-refractivity contribution in [1.82, 2.24) is 19.7 Å². The predicted octanol–water partition coefficient (Wildman–Crippen LogP) is 2.77. The molecule has 102 valence electrons. The second kappa shape index (κ2) is 4.33. The molecule has 0 atom stereocenters. The lowest BCUT2D eigenvalue weighted by molar-refractivity contribution is 0.280. The first-order valence-corrected chi connectivity index (χ1v) is 6.99. The maximum atomic E-state index is 9.51. The summed E-state index contributed by atoms with van der Waals surface area (Å²) in [5, 5.41) is 14.5. The van der Waals surface area contributed by atoms with E-state index < -0.39 is 0 Å². The molecular weight excluding hydrogens is 276 g/mol. The van der Waals surface area contributed by atoms with Gasteiger partial charge >= 0.3 is 0 Å². The van der Waals surface area contributed by atoms with Gasteiger partial charge in [-0.25, -0.2) is 4.98 Å². The van der Waals surface area contributed by atoms with E-state index in [-0.39, 0.29) is 6.61 Å². The summed E-state index contributed by atoms with van der Waals surface area (Å²) in [6.45, 7) is -0.0924. The number of aliphatic hydroxyl groups excluding tert-OH is 1. The van der Waals surface area contributed by atoms with Crippen LogP contribution in [0, 0.1) is 0 Å². The van der Waals surface area contributed by atoms with E-state index in [0.717, 1.165) is 35.1 Å². The quantitative estimate of drug-likeness (QED) is 0.779. The second-order valence-corrected chi connectivity index (χ2v) is 5.43. The Hall–Kier alpha value is -1.85. The van der Waals surface area contributed by atoms with Gasteiger partial charge in [-0.15, -0.1) is 0 Å². The maximum Gasteiger partial charge on any atom is 0.230 e. The van der Waals surface area contributed by atoms with Gasteiger partial charge in [0, 0.05) is 11.5 Å². The molecule has 6 heteroatoms. The van der Waals surface area contributed by atoms with E-state index in [4.69, 9.17) is 11.6 Å². The number of fused-ring (bicyclic) bond motifs is 1. The third kappa shape index (κ3) is 1.74. The van der Waals surface area contributed by atoms with Crippen molar-refractivity contribution in [3.05, 3.63) is 40.7 Å². The fourth-order valence-corrected chi connectivity index (χ4v) is 2.73. The number of aromatic nitrogens is 4. The summed E-state index contributed by atoms with van der Waals surface area (Å²) in [5.41, 5.74) is 3.42. The monoisotopic (exact) mass is 288 g/mol. The molecule has 20 heavy (non-hydrogen) atoms. The molecule has 2 N–H and O–H groups in total. The van der Waals surface area contributed by atoms with Crippen LogP contribution in [0.5, 0.6) is 0 Å². The predicted molar refractivity (Wildman–Crippen MR) is 76.1 cm³/mol. The number of H-pyrrole nitrogens is 1. The van der Waals surface area contributed by atoms with Crippen molar-refractivity contribution in [3.63, 3.8) is 0 Å². The fourth-order valence-electron chi connectivity index (χ4n) is 2.46. The topological polar surface area (TPSA) is 66.7 Å². The molecule has 0 unspecified atom stereocenters. The molecule has 3 aromatic rings. The van der Waals surface area contributed by atoms with Gasteiger partial charge < -0.3 is 10.1 Å². The lowest BCUT2D eigenvalue weighted by atomic mass is 10.2. The normalized spacial score (nSPS) is 15.1. The Morgan fingerprint density at radius 1 is 1.35 bits per heavy atom. The number of hydrogen-bond acceptors (Lipinski definition) is 3. The van der Waals surface area contributed by atoms with Gasteiger partial charge in [0.25, 0.3) is 0 Å². The average Bonchev–Trinajstić information content (AvgIpc) is 3.12. The molecule has 1 saturated carbocycles. The molecule has 1 aliphatic rings. The van der Waals surface area contributed by atoms with Crippen LogP contribution in [0.1, 0.15) is 30.0 Å². The Labute approximate surface area is 120 Å². The van der Waals surface area contributed by atoms with Crippen molar-refractivity contribution in [2.75, 3.05) is 0 Å². The van der Waals surface area contributed by atoms with Gasteiger partial charge in [0.1, 0.15) is 5.15 Å². The summed E-state index contributed by atoms with van der Waals surface area (Å²) >= 11 is 6.34. The number of aromatic amines is 1. The average molecular weight is 289 g/mol. The standard InChI is InChI=1S/C14H13ClN4O/c15-13-9(7-20)12(8-5-6-8)18-19(13)14-16-10-3-1-2-4-11(10)17-14/h1-4,8,20H,5-7H2,(H,16,17). The summed E-state index contributed by atoms with van der Waals surface area (Å²) in [5.74, 6) is 1.01. The van der Waals surface area contributed by atoms with Crippen molar-refractivity contribution in [3.8, 4) is 5.95 Å². The van der Waals surface area contributed by atoms with Gasteiger partial charge in [0.05, 0.1) is 23.3 Å². The number of nitrogens with one attached hydrogen (secondary N) is 1. The van der Waals surface area contributed by atoms with Crippen LogP contribution in [0.3, 0.4) is 0 Å². The molecule has 1 aromatic carbocycles. The number of rotatable bonds is 3. The Balaban J connectivity index is 1.88. The van der Waals surface area contributed by atoms with E-state index in [1.807, 2.05) is 24.3 Å². The van der Waals surface area contributed by atoms with Gasteiger partial charge in [-0.2, -0.15) is 9.78 Å². The molecular formula is C14H13ClN4O. The Morgan fingerprint density at radius 2 is 2.15 bits per heavy atom. The van der Waals surface area contributed by atoms with Gasteiger partial charge in [0.15, 0.2) is 0 Å². The molecule has 1 fully saturated rings.